The predicted octanol–water partition coefficient (Wildman–Crippen LogP) is -0.226. The van der Waals surface area contributed by atoms with E-state index in [1.54, 1.807) is 13.1 Å². The number of hydrogen-bond donors (Lipinski definition) is 2. The van der Waals surface area contributed by atoms with Crippen LogP contribution in [-0.4, -0.2) is 23.5 Å². The monoisotopic (exact) mass is 132 g/mol. The molecule has 0 aliphatic heterocycles. The second-order valence-electron chi connectivity index (χ2n) is 1.30. The van der Waals surface area contributed by atoms with Crippen molar-refractivity contribution < 1.29 is 5.02 Å². The van der Waals surface area contributed by atoms with Gasteiger partial charge in [-0.25, -0.2) is 0 Å². The van der Waals surface area contributed by atoms with Gasteiger partial charge in [-0.3, -0.25) is 4.90 Å². The Balaban J connectivity index is 3.56. The third kappa shape index (κ3) is 4.02. The minimum absolute atomic E-state index is 0.417. The highest BCUT2D eigenvalue weighted by atomic mass is 32.2. The Hall–Kier alpha value is -0.155. The molecule has 0 aromatic carbocycles. The number of hydrogen-bond acceptors (Lipinski definition) is 3. The van der Waals surface area contributed by atoms with Crippen molar-refractivity contribution in [3.05, 3.63) is 0 Å². The zero-order chi connectivity index (χ0) is 6.57. The van der Waals surface area contributed by atoms with E-state index in [4.69, 9.17) is 10.8 Å². The smallest absolute Gasteiger partial charge is 0.430 e. The van der Waals surface area contributed by atoms with Crippen molar-refractivity contribution in [1.82, 2.24) is 0 Å². The van der Waals surface area contributed by atoms with Gasteiger partial charge in [-0.1, -0.05) is 11.8 Å². The van der Waals surface area contributed by atoms with Gasteiger partial charge in [0.25, 0.3) is 0 Å². The zero-order valence-electron chi connectivity index (χ0n) is 4.96. The molecule has 0 saturated heterocycles. The normalized spacial score (nSPS) is 11.6. The second kappa shape index (κ2) is 3.80. The Bertz CT molecular complexity index is 95.3. The minimum atomic E-state index is -0.678. The molecule has 0 atom stereocenters. The van der Waals surface area contributed by atoms with Crippen LogP contribution in [0.2, 0.25) is 6.82 Å². The molecule has 0 fully saturated rings. The Kier molecular flexibility index (Phi) is 3.73. The summed E-state index contributed by atoms with van der Waals surface area (Å²) in [5.41, 5.74) is 5.23. The lowest BCUT2D eigenvalue weighted by Gasteiger charge is -1.92. The highest BCUT2D eigenvalue weighted by Gasteiger charge is 1.97. The standard InChI is InChI=1S/C3H9BN2OS/c1-4(7)6-3(5)8-2/h7H,1-2H3,(H2,5,6). The summed E-state index contributed by atoms with van der Waals surface area (Å²) in [7, 11) is -0.678. The van der Waals surface area contributed by atoms with E-state index in [0.29, 0.717) is 5.17 Å². The van der Waals surface area contributed by atoms with Gasteiger partial charge in [-0.15, -0.1) is 0 Å². The molecular weight excluding hydrogens is 123 g/mol. The summed E-state index contributed by atoms with van der Waals surface area (Å²) in [6, 6.07) is 0. The fraction of sp³-hybridized carbons (Fsp3) is 0.667. The molecule has 0 rings (SSSR count). The molecule has 0 aliphatic rings. The molecule has 5 heteroatoms. The molecule has 0 unspecified atom stereocenters. The van der Waals surface area contributed by atoms with Gasteiger partial charge in [0.2, 0.25) is 0 Å². The lowest BCUT2D eigenvalue weighted by Crippen LogP contribution is -2.12. The molecule has 0 spiro atoms. The van der Waals surface area contributed by atoms with Crippen LogP contribution in [0.3, 0.4) is 0 Å². The number of nitrogens with two attached hydrogens (primary N) is 1. The number of thioether (sulfide) groups is 1. The van der Waals surface area contributed by atoms with Crippen LogP contribution in [0.25, 0.3) is 0 Å². The average Bonchev–Trinajstić information content (AvgIpc) is 1.65. The van der Waals surface area contributed by atoms with E-state index in [-0.39, 0.29) is 0 Å². The van der Waals surface area contributed by atoms with E-state index in [0.717, 1.165) is 0 Å². The molecule has 0 aromatic heterocycles. The zero-order valence-corrected chi connectivity index (χ0v) is 5.77. The van der Waals surface area contributed by atoms with E-state index in [9.17, 15) is 0 Å². The van der Waals surface area contributed by atoms with Crippen LogP contribution in [0.1, 0.15) is 0 Å². The molecule has 8 heavy (non-hydrogen) atoms. The van der Waals surface area contributed by atoms with E-state index in [1.165, 1.54) is 11.8 Å². The maximum atomic E-state index is 8.57. The quantitative estimate of drug-likeness (QED) is 0.294. The maximum Gasteiger partial charge on any atom is 0.430 e. The van der Waals surface area contributed by atoms with E-state index in [2.05, 4.69) is 4.90 Å². The molecule has 0 amide bonds. The van der Waals surface area contributed by atoms with Gasteiger partial charge in [0, 0.05) is 0 Å². The van der Waals surface area contributed by atoms with E-state index < -0.39 is 7.05 Å². The van der Waals surface area contributed by atoms with Crippen LogP contribution in [0.4, 0.5) is 0 Å². The van der Waals surface area contributed by atoms with Crippen molar-refractivity contribution in [3.63, 3.8) is 0 Å². The van der Waals surface area contributed by atoms with E-state index in [1.807, 2.05) is 0 Å². The fourth-order valence-corrected chi connectivity index (χ4v) is 0.495. The third-order valence-corrected chi connectivity index (χ3v) is 1.05. The average molecular weight is 132 g/mol. The van der Waals surface area contributed by atoms with Crippen LogP contribution in [0.15, 0.2) is 4.90 Å². The largest absolute Gasteiger partial charge is 0.431 e. The van der Waals surface area contributed by atoms with Gasteiger partial charge < -0.3 is 10.8 Å². The van der Waals surface area contributed by atoms with Crippen molar-refractivity contribution in [1.29, 1.82) is 0 Å². The van der Waals surface area contributed by atoms with Crippen molar-refractivity contribution in [2.75, 3.05) is 6.26 Å². The van der Waals surface area contributed by atoms with Crippen LogP contribution in [0.5, 0.6) is 0 Å². The first-order valence-electron chi connectivity index (χ1n) is 2.22. The molecule has 0 aliphatic carbocycles. The summed E-state index contributed by atoms with van der Waals surface area (Å²) in [6.07, 6.45) is 1.81. The van der Waals surface area contributed by atoms with Crippen molar-refractivity contribution >= 4 is 24.0 Å². The first-order valence-corrected chi connectivity index (χ1v) is 3.44. The van der Waals surface area contributed by atoms with Crippen LogP contribution in [-0.2, 0) is 0 Å². The lowest BCUT2D eigenvalue weighted by molar-refractivity contribution is 0.581. The highest BCUT2D eigenvalue weighted by Crippen LogP contribution is 1.90. The first-order chi connectivity index (χ1) is 3.66. The lowest BCUT2D eigenvalue weighted by atomic mass is 9.91. The molecule has 0 bridgehead atoms. The summed E-state index contributed by atoms with van der Waals surface area (Å²) in [5, 5.41) is 8.99. The summed E-state index contributed by atoms with van der Waals surface area (Å²) >= 11 is 1.32. The van der Waals surface area contributed by atoms with Gasteiger partial charge >= 0.3 is 7.05 Å². The molecule has 0 radical (unpaired) electrons. The van der Waals surface area contributed by atoms with Gasteiger partial charge in [0.1, 0.15) is 5.17 Å². The van der Waals surface area contributed by atoms with Gasteiger partial charge in [-0.2, -0.15) is 0 Å². The molecule has 0 aromatic rings. The molecule has 46 valence electrons. The van der Waals surface area contributed by atoms with Crippen LogP contribution in [0, 0.1) is 0 Å². The van der Waals surface area contributed by atoms with Crippen molar-refractivity contribution in [2.45, 2.75) is 6.82 Å². The van der Waals surface area contributed by atoms with Gasteiger partial charge in [0.05, 0.1) is 0 Å². The predicted molar refractivity (Wildman–Crippen MR) is 39.0 cm³/mol. The Morgan fingerprint density at radius 3 is 2.50 bits per heavy atom. The Morgan fingerprint density at radius 2 is 2.38 bits per heavy atom. The number of amidine groups is 1. The van der Waals surface area contributed by atoms with Crippen LogP contribution >= 0.6 is 11.8 Å². The van der Waals surface area contributed by atoms with Gasteiger partial charge in [0.15, 0.2) is 0 Å². The number of nitrogens with zero attached hydrogens (tertiary/aromatic N) is 1. The maximum absolute atomic E-state index is 8.57. The van der Waals surface area contributed by atoms with Gasteiger partial charge in [-0.05, 0) is 13.1 Å². The summed E-state index contributed by atoms with van der Waals surface area (Å²) in [4.78, 5) is 3.61. The molecule has 0 saturated carbocycles. The van der Waals surface area contributed by atoms with Crippen molar-refractivity contribution in [3.8, 4) is 0 Å². The Labute approximate surface area is 53.5 Å². The molecule has 3 nitrogen and oxygen atoms in total. The first kappa shape index (κ1) is 7.84. The van der Waals surface area contributed by atoms with Crippen molar-refractivity contribution in [2.24, 2.45) is 10.6 Å². The molecule has 3 N–H and O–H groups in total. The summed E-state index contributed by atoms with van der Waals surface area (Å²) < 4.78 is 0. The summed E-state index contributed by atoms with van der Waals surface area (Å²) in [5.74, 6) is 0. The topological polar surface area (TPSA) is 58.6 Å². The Morgan fingerprint density at radius 1 is 1.88 bits per heavy atom. The highest BCUT2D eigenvalue weighted by molar-refractivity contribution is 8.13. The molecule has 0 heterocycles. The minimum Gasteiger partial charge on any atom is -0.431 e. The second-order valence-corrected chi connectivity index (χ2v) is 2.13. The summed E-state index contributed by atoms with van der Waals surface area (Å²) in [6.45, 7) is 1.56. The number of rotatable bonds is 1. The molecular formula is C3H9BN2OS. The SMILES string of the molecule is CSC(N)=NB(C)O. The van der Waals surface area contributed by atoms with E-state index >= 15 is 0 Å². The van der Waals surface area contributed by atoms with Crippen LogP contribution < -0.4 is 5.73 Å². The fourth-order valence-electron chi connectivity index (χ4n) is 0.237. The third-order valence-electron chi connectivity index (χ3n) is 0.523.